The SMILES string of the molecule is Cc1ccccc1NC(=S)N[C@H](c1cccs1)C1CCCC1. The van der Waals surface area contributed by atoms with E-state index in [2.05, 4.69) is 47.2 Å². The minimum absolute atomic E-state index is 0.339. The summed E-state index contributed by atoms with van der Waals surface area (Å²) in [6.45, 7) is 2.10. The zero-order valence-electron chi connectivity index (χ0n) is 12.8. The van der Waals surface area contributed by atoms with Crippen LogP contribution in [0.1, 0.15) is 42.2 Å². The van der Waals surface area contributed by atoms with E-state index in [1.165, 1.54) is 36.1 Å². The number of hydrogen-bond donors (Lipinski definition) is 2. The van der Waals surface area contributed by atoms with E-state index in [0.717, 1.165) is 10.8 Å². The third kappa shape index (κ3) is 3.68. The summed E-state index contributed by atoms with van der Waals surface area (Å²) in [6.07, 6.45) is 5.27. The maximum Gasteiger partial charge on any atom is 0.171 e. The van der Waals surface area contributed by atoms with Gasteiger partial charge in [-0.05, 0) is 61.0 Å². The van der Waals surface area contributed by atoms with Crippen LogP contribution in [0.2, 0.25) is 0 Å². The van der Waals surface area contributed by atoms with Crippen LogP contribution in [0.5, 0.6) is 0 Å². The highest BCUT2D eigenvalue weighted by Crippen LogP contribution is 2.37. The highest BCUT2D eigenvalue weighted by atomic mass is 32.1. The van der Waals surface area contributed by atoms with Crippen LogP contribution in [-0.2, 0) is 0 Å². The topological polar surface area (TPSA) is 24.1 Å². The summed E-state index contributed by atoms with van der Waals surface area (Å²) in [5.74, 6) is 0.690. The maximum atomic E-state index is 5.56. The number of thiocarbonyl (C=S) groups is 1. The second-order valence-electron chi connectivity index (χ2n) is 5.95. The van der Waals surface area contributed by atoms with Gasteiger partial charge in [0.1, 0.15) is 0 Å². The number of thiophene rings is 1. The van der Waals surface area contributed by atoms with E-state index in [1.54, 1.807) is 0 Å². The zero-order chi connectivity index (χ0) is 15.4. The second kappa shape index (κ2) is 7.25. The Bertz CT molecular complexity index is 616. The average Bonchev–Trinajstić information content (AvgIpc) is 3.21. The van der Waals surface area contributed by atoms with Gasteiger partial charge in [0, 0.05) is 10.6 Å². The van der Waals surface area contributed by atoms with Crippen LogP contribution in [0.15, 0.2) is 41.8 Å². The first-order chi connectivity index (χ1) is 10.7. The third-order valence-electron chi connectivity index (χ3n) is 4.40. The van der Waals surface area contributed by atoms with Gasteiger partial charge in [0.2, 0.25) is 0 Å². The van der Waals surface area contributed by atoms with E-state index in [1.807, 2.05) is 23.5 Å². The predicted molar refractivity (Wildman–Crippen MR) is 99.6 cm³/mol. The van der Waals surface area contributed by atoms with Crippen molar-refractivity contribution in [1.82, 2.24) is 5.32 Å². The first-order valence-corrected chi connectivity index (χ1v) is 9.19. The van der Waals surface area contributed by atoms with Crippen LogP contribution in [0.3, 0.4) is 0 Å². The quantitative estimate of drug-likeness (QED) is 0.746. The van der Waals surface area contributed by atoms with Crippen molar-refractivity contribution in [3.8, 4) is 0 Å². The van der Waals surface area contributed by atoms with Gasteiger partial charge < -0.3 is 10.6 Å². The molecule has 4 heteroatoms. The molecule has 0 radical (unpaired) electrons. The van der Waals surface area contributed by atoms with E-state index in [0.29, 0.717) is 12.0 Å². The number of para-hydroxylation sites is 1. The van der Waals surface area contributed by atoms with Gasteiger partial charge >= 0.3 is 0 Å². The Morgan fingerprint density at radius 1 is 1.18 bits per heavy atom. The normalized spacial score (nSPS) is 16.4. The molecule has 22 heavy (non-hydrogen) atoms. The van der Waals surface area contributed by atoms with E-state index < -0.39 is 0 Å². The lowest BCUT2D eigenvalue weighted by molar-refractivity contribution is 0.419. The predicted octanol–water partition coefficient (Wildman–Crippen LogP) is 5.27. The van der Waals surface area contributed by atoms with Crippen LogP contribution in [-0.4, -0.2) is 5.11 Å². The molecule has 1 aromatic carbocycles. The molecule has 2 nitrogen and oxygen atoms in total. The summed E-state index contributed by atoms with van der Waals surface area (Å²) in [5.41, 5.74) is 2.29. The molecule has 0 unspecified atom stereocenters. The number of nitrogens with one attached hydrogen (secondary N) is 2. The van der Waals surface area contributed by atoms with Gasteiger partial charge in [-0.15, -0.1) is 11.3 Å². The summed E-state index contributed by atoms with van der Waals surface area (Å²) in [4.78, 5) is 1.39. The Balaban J connectivity index is 1.70. The molecular formula is C18H22N2S2. The molecule has 0 bridgehead atoms. The summed E-state index contributed by atoms with van der Waals surface area (Å²) in [5, 5.41) is 9.79. The minimum atomic E-state index is 0.339. The molecule has 1 aliphatic carbocycles. The van der Waals surface area contributed by atoms with Crippen molar-refractivity contribution in [3.63, 3.8) is 0 Å². The first-order valence-electron chi connectivity index (χ1n) is 7.90. The summed E-state index contributed by atoms with van der Waals surface area (Å²) >= 11 is 7.38. The highest BCUT2D eigenvalue weighted by molar-refractivity contribution is 7.80. The van der Waals surface area contributed by atoms with E-state index >= 15 is 0 Å². The van der Waals surface area contributed by atoms with Gasteiger partial charge in [-0.2, -0.15) is 0 Å². The Hall–Kier alpha value is -1.39. The number of anilines is 1. The average molecular weight is 331 g/mol. The number of aryl methyl sites for hydroxylation is 1. The molecule has 3 rings (SSSR count). The molecule has 1 fully saturated rings. The van der Waals surface area contributed by atoms with Gasteiger partial charge in [0.05, 0.1) is 6.04 Å². The Morgan fingerprint density at radius 2 is 1.95 bits per heavy atom. The zero-order valence-corrected chi connectivity index (χ0v) is 14.5. The maximum absolute atomic E-state index is 5.56. The van der Waals surface area contributed by atoms with Gasteiger partial charge in [0.25, 0.3) is 0 Å². The van der Waals surface area contributed by atoms with Crippen molar-refractivity contribution in [1.29, 1.82) is 0 Å². The summed E-state index contributed by atoms with van der Waals surface area (Å²) in [6, 6.07) is 12.9. The summed E-state index contributed by atoms with van der Waals surface area (Å²) in [7, 11) is 0. The Morgan fingerprint density at radius 3 is 2.64 bits per heavy atom. The lowest BCUT2D eigenvalue weighted by Gasteiger charge is -2.25. The van der Waals surface area contributed by atoms with Gasteiger partial charge in [-0.3, -0.25) is 0 Å². The fraction of sp³-hybridized carbons (Fsp3) is 0.389. The summed E-state index contributed by atoms with van der Waals surface area (Å²) < 4.78 is 0. The van der Waals surface area contributed by atoms with Crippen LogP contribution in [0.25, 0.3) is 0 Å². The molecule has 0 saturated heterocycles. The fourth-order valence-corrected chi connectivity index (χ4v) is 4.30. The lowest BCUT2D eigenvalue weighted by Crippen LogP contribution is -2.35. The van der Waals surface area contributed by atoms with Crippen LogP contribution < -0.4 is 10.6 Å². The fourth-order valence-electron chi connectivity index (χ4n) is 3.19. The molecule has 1 atom stereocenters. The smallest absolute Gasteiger partial charge is 0.171 e. The first kappa shape index (κ1) is 15.5. The van der Waals surface area contributed by atoms with Crippen LogP contribution in [0.4, 0.5) is 5.69 Å². The van der Waals surface area contributed by atoms with E-state index in [4.69, 9.17) is 12.2 Å². The molecule has 0 spiro atoms. The molecular weight excluding hydrogens is 308 g/mol. The molecule has 2 aromatic rings. The van der Waals surface area contributed by atoms with Crippen molar-refractivity contribution in [2.75, 3.05) is 5.32 Å². The number of hydrogen-bond acceptors (Lipinski definition) is 2. The second-order valence-corrected chi connectivity index (χ2v) is 7.34. The molecule has 0 aliphatic heterocycles. The van der Waals surface area contributed by atoms with Gasteiger partial charge in [0.15, 0.2) is 5.11 Å². The number of benzene rings is 1. The molecule has 1 heterocycles. The molecule has 1 aromatic heterocycles. The van der Waals surface area contributed by atoms with Gasteiger partial charge in [-0.25, -0.2) is 0 Å². The molecule has 0 amide bonds. The van der Waals surface area contributed by atoms with E-state index in [-0.39, 0.29) is 0 Å². The van der Waals surface area contributed by atoms with Crippen molar-refractivity contribution in [3.05, 3.63) is 52.2 Å². The lowest BCUT2D eigenvalue weighted by atomic mass is 9.97. The van der Waals surface area contributed by atoms with Crippen molar-refractivity contribution in [2.24, 2.45) is 5.92 Å². The number of rotatable bonds is 4. The van der Waals surface area contributed by atoms with Crippen molar-refractivity contribution < 1.29 is 0 Å². The highest BCUT2D eigenvalue weighted by Gasteiger charge is 2.27. The Kier molecular flexibility index (Phi) is 5.11. The van der Waals surface area contributed by atoms with Crippen LogP contribution in [0, 0.1) is 12.8 Å². The Labute approximate surface area is 142 Å². The largest absolute Gasteiger partial charge is 0.355 e. The van der Waals surface area contributed by atoms with E-state index in [9.17, 15) is 0 Å². The van der Waals surface area contributed by atoms with Crippen molar-refractivity contribution in [2.45, 2.75) is 38.6 Å². The molecule has 1 saturated carbocycles. The monoisotopic (exact) mass is 330 g/mol. The van der Waals surface area contributed by atoms with Crippen LogP contribution >= 0.6 is 23.6 Å². The minimum Gasteiger partial charge on any atom is -0.355 e. The molecule has 1 aliphatic rings. The van der Waals surface area contributed by atoms with Gasteiger partial charge in [-0.1, -0.05) is 37.1 Å². The van der Waals surface area contributed by atoms with Crippen molar-refractivity contribution >= 4 is 34.4 Å². The standard InChI is InChI=1S/C18H22N2S2/c1-13-7-2-5-10-15(13)19-18(21)20-17(14-8-3-4-9-14)16-11-6-12-22-16/h2,5-7,10-12,14,17H,3-4,8-9H2,1H3,(H2,19,20,21)/t17-/m0/s1. The molecule has 116 valence electrons. The molecule has 2 N–H and O–H groups in total. The third-order valence-corrected chi connectivity index (χ3v) is 5.58.